The number of ether oxygens (including phenoxy) is 1. The fourth-order valence-electron chi connectivity index (χ4n) is 2.66. The standard InChI is InChI=1S/C17H29N3OS/c1-4-18-16(20-13-17(3)8-6-9-21-17)19-12-14(2)11-15-7-5-10-22-15/h5,7,10,14H,4,6,8-9,11-13H2,1-3H3,(H2,18,19,20). The topological polar surface area (TPSA) is 45.7 Å². The highest BCUT2D eigenvalue weighted by Crippen LogP contribution is 2.25. The van der Waals surface area contributed by atoms with Crippen LogP contribution in [-0.2, 0) is 11.2 Å². The molecule has 1 aromatic heterocycles. The van der Waals surface area contributed by atoms with Crippen LogP contribution in [0.5, 0.6) is 0 Å². The predicted molar refractivity (Wildman–Crippen MR) is 94.8 cm³/mol. The number of thiophene rings is 1. The highest BCUT2D eigenvalue weighted by molar-refractivity contribution is 7.09. The summed E-state index contributed by atoms with van der Waals surface area (Å²) in [5, 5.41) is 8.93. The minimum atomic E-state index is -0.0784. The normalized spacial score (nSPS) is 23.5. The molecule has 0 aromatic carbocycles. The van der Waals surface area contributed by atoms with E-state index >= 15 is 0 Å². The molecule has 2 atom stereocenters. The van der Waals surface area contributed by atoms with E-state index in [9.17, 15) is 0 Å². The number of guanidine groups is 1. The zero-order chi connectivity index (χ0) is 15.8. The van der Waals surface area contributed by atoms with E-state index in [1.807, 2.05) is 11.3 Å². The molecule has 1 saturated heterocycles. The lowest BCUT2D eigenvalue weighted by atomic mass is 10.0. The summed E-state index contributed by atoms with van der Waals surface area (Å²) in [5.41, 5.74) is -0.0784. The molecule has 22 heavy (non-hydrogen) atoms. The molecule has 0 amide bonds. The molecule has 5 heteroatoms. The summed E-state index contributed by atoms with van der Waals surface area (Å²) < 4.78 is 5.80. The van der Waals surface area contributed by atoms with Gasteiger partial charge in [0, 0.05) is 24.6 Å². The third kappa shape index (κ3) is 5.61. The van der Waals surface area contributed by atoms with E-state index in [0.29, 0.717) is 5.92 Å². The first-order valence-electron chi connectivity index (χ1n) is 8.30. The first-order valence-corrected chi connectivity index (χ1v) is 9.18. The molecule has 124 valence electrons. The largest absolute Gasteiger partial charge is 0.373 e. The second-order valence-electron chi connectivity index (χ2n) is 6.37. The lowest BCUT2D eigenvalue weighted by Crippen LogP contribution is -2.41. The molecular formula is C17H29N3OS. The van der Waals surface area contributed by atoms with Crippen LogP contribution < -0.4 is 10.6 Å². The average molecular weight is 324 g/mol. The quantitative estimate of drug-likeness (QED) is 0.599. The van der Waals surface area contributed by atoms with Crippen LogP contribution >= 0.6 is 11.3 Å². The summed E-state index contributed by atoms with van der Waals surface area (Å²) in [6.45, 7) is 9.93. The maximum atomic E-state index is 5.80. The van der Waals surface area contributed by atoms with Gasteiger partial charge in [-0.05, 0) is 50.5 Å². The molecule has 1 fully saturated rings. The Morgan fingerprint density at radius 2 is 2.36 bits per heavy atom. The van der Waals surface area contributed by atoms with Crippen LogP contribution in [0.25, 0.3) is 0 Å². The molecule has 2 rings (SSSR count). The van der Waals surface area contributed by atoms with Crippen molar-refractivity contribution in [1.29, 1.82) is 0 Å². The summed E-state index contributed by atoms with van der Waals surface area (Å²) in [7, 11) is 0. The van der Waals surface area contributed by atoms with Crippen LogP contribution in [0, 0.1) is 5.92 Å². The molecular weight excluding hydrogens is 294 g/mol. The van der Waals surface area contributed by atoms with E-state index in [4.69, 9.17) is 9.73 Å². The second kappa shape index (κ2) is 8.53. The molecule has 2 heterocycles. The molecule has 1 aliphatic rings. The van der Waals surface area contributed by atoms with E-state index in [0.717, 1.165) is 51.5 Å². The highest BCUT2D eigenvalue weighted by atomic mass is 32.1. The number of nitrogens with zero attached hydrogens (tertiary/aromatic N) is 1. The Morgan fingerprint density at radius 1 is 1.50 bits per heavy atom. The maximum Gasteiger partial charge on any atom is 0.191 e. The van der Waals surface area contributed by atoms with E-state index in [-0.39, 0.29) is 5.60 Å². The van der Waals surface area contributed by atoms with Gasteiger partial charge in [0.25, 0.3) is 0 Å². The summed E-state index contributed by atoms with van der Waals surface area (Å²) in [6, 6.07) is 4.33. The van der Waals surface area contributed by atoms with Gasteiger partial charge in [-0.2, -0.15) is 0 Å². The zero-order valence-electron chi connectivity index (χ0n) is 14.0. The zero-order valence-corrected chi connectivity index (χ0v) is 14.8. The van der Waals surface area contributed by atoms with Crippen molar-refractivity contribution in [3.63, 3.8) is 0 Å². The lowest BCUT2D eigenvalue weighted by Gasteiger charge is -2.22. The van der Waals surface area contributed by atoms with Crippen molar-refractivity contribution in [3.05, 3.63) is 22.4 Å². The van der Waals surface area contributed by atoms with Gasteiger partial charge in [-0.3, -0.25) is 4.99 Å². The average Bonchev–Trinajstić information content (AvgIpc) is 3.14. The smallest absolute Gasteiger partial charge is 0.191 e. The Morgan fingerprint density at radius 3 is 3.00 bits per heavy atom. The van der Waals surface area contributed by atoms with Crippen LogP contribution in [0.3, 0.4) is 0 Å². The summed E-state index contributed by atoms with van der Waals surface area (Å²) in [6.07, 6.45) is 3.36. The molecule has 2 N–H and O–H groups in total. The molecule has 0 saturated carbocycles. The first kappa shape index (κ1) is 17.3. The number of nitrogens with one attached hydrogen (secondary N) is 2. The van der Waals surface area contributed by atoms with E-state index in [1.165, 1.54) is 4.88 Å². The van der Waals surface area contributed by atoms with E-state index < -0.39 is 0 Å². The fourth-order valence-corrected chi connectivity index (χ4v) is 3.53. The van der Waals surface area contributed by atoms with Crippen molar-refractivity contribution in [2.45, 2.75) is 45.6 Å². The number of hydrogen-bond donors (Lipinski definition) is 2. The number of rotatable bonds is 7. The van der Waals surface area contributed by atoms with Crippen LogP contribution in [0.15, 0.2) is 22.5 Å². The maximum absolute atomic E-state index is 5.80. The molecule has 0 radical (unpaired) electrons. The highest BCUT2D eigenvalue weighted by Gasteiger charge is 2.29. The van der Waals surface area contributed by atoms with Gasteiger partial charge in [-0.1, -0.05) is 13.0 Å². The van der Waals surface area contributed by atoms with Crippen molar-refractivity contribution >= 4 is 17.3 Å². The van der Waals surface area contributed by atoms with Gasteiger partial charge < -0.3 is 15.4 Å². The predicted octanol–water partition coefficient (Wildman–Crippen LogP) is 3.05. The summed E-state index contributed by atoms with van der Waals surface area (Å²) in [4.78, 5) is 6.16. The molecule has 0 aliphatic carbocycles. The number of hydrogen-bond acceptors (Lipinski definition) is 3. The molecule has 1 aliphatic heterocycles. The lowest BCUT2D eigenvalue weighted by molar-refractivity contribution is 0.0283. The first-order chi connectivity index (χ1) is 10.6. The van der Waals surface area contributed by atoms with Crippen LogP contribution in [0.4, 0.5) is 0 Å². The van der Waals surface area contributed by atoms with Crippen molar-refractivity contribution < 1.29 is 4.74 Å². The van der Waals surface area contributed by atoms with E-state index in [2.05, 4.69) is 48.9 Å². The molecule has 2 unspecified atom stereocenters. The van der Waals surface area contributed by atoms with Crippen LogP contribution in [0.2, 0.25) is 0 Å². The Hall–Kier alpha value is -1.07. The van der Waals surface area contributed by atoms with Gasteiger partial charge >= 0.3 is 0 Å². The third-order valence-electron chi connectivity index (χ3n) is 3.96. The minimum Gasteiger partial charge on any atom is -0.373 e. The monoisotopic (exact) mass is 323 g/mol. The molecule has 0 spiro atoms. The SMILES string of the molecule is CCNC(=NCC1(C)CCCO1)NCC(C)Cc1cccs1. The third-order valence-corrected chi connectivity index (χ3v) is 4.86. The van der Waals surface area contributed by atoms with Gasteiger partial charge in [-0.15, -0.1) is 11.3 Å². The van der Waals surface area contributed by atoms with E-state index in [1.54, 1.807) is 0 Å². The summed E-state index contributed by atoms with van der Waals surface area (Å²) in [5.74, 6) is 1.48. The van der Waals surface area contributed by atoms with Crippen molar-refractivity contribution in [2.24, 2.45) is 10.9 Å². The molecule has 0 bridgehead atoms. The van der Waals surface area contributed by atoms with Crippen molar-refractivity contribution in [3.8, 4) is 0 Å². The Bertz CT molecular complexity index is 452. The minimum absolute atomic E-state index is 0.0784. The fraction of sp³-hybridized carbons (Fsp3) is 0.706. The van der Waals surface area contributed by atoms with Gasteiger partial charge in [0.15, 0.2) is 5.96 Å². The van der Waals surface area contributed by atoms with Gasteiger partial charge in [-0.25, -0.2) is 0 Å². The van der Waals surface area contributed by atoms with Gasteiger partial charge in [0.2, 0.25) is 0 Å². The van der Waals surface area contributed by atoms with Gasteiger partial charge in [0.05, 0.1) is 12.1 Å². The Labute approximate surface area is 138 Å². The number of aliphatic imine (C=N–C) groups is 1. The van der Waals surface area contributed by atoms with Crippen molar-refractivity contribution in [2.75, 3.05) is 26.2 Å². The van der Waals surface area contributed by atoms with Crippen LogP contribution in [0.1, 0.15) is 38.5 Å². The molecule has 4 nitrogen and oxygen atoms in total. The Kier molecular flexibility index (Phi) is 6.70. The van der Waals surface area contributed by atoms with Gasteiger partial charge in [0.1, 0.15) is 0 Å². The second-order valence-corrected chi connectivity index (χ2v) is 7.40. The Balaban J connectivity index is 1.80. The summed E-state index contributed by atoms with van der Waals surface area (Å²) >= 11 is 1.83. The van der Waals surface area contributed by atoms with Crippen LogP contribution in [-0.4, -0.2) is 37.8 Å². The molecule has 1 aromatic rings. The van der Waals surface area contributed by atoms with Crippen molar-refractivity contribution in [1.82, 2.24) is 10.6 Å².